The van der Waals surface area contributed by atoms with Crippen LogP contribution in [0.3, 0.4) is 0 Å². The lowest BCUT2D eigenvalue weighted by atomic mass is 10.1. The van der Waals surface area contributed by atoms with Gasteiger partial charge in [-0.05, 0) is 34.9 Å². The van der Waals surface area contributed by atoms with Gasteiger partial charge in [-0.2, -0.15) is 0 Å². The number of likely N-dealkylation sites (N-methyl/N-ethyl adjacent to an activating group) is 2. The number of hydrogen-bond acceptors (Lipinski definition) is 5. The van der Waals surface area contributed by atoms with Crippen LogP contribution in [0.5, 0.6) is 0 Å². The minimum atomic E-state index is -0.416. The number of hydrogen-bond donors (Lipinski definition) is 2. The summed E-state index contributed by atoms with van der Waals surface area (Å²) in [6.07, 6.45) is -0.416. The molecule has 1 saturated heterocycles. The van der Waals surface area contributed by atoms with Crippen molar-refractivity contribution in [1.29, 1.82) is 0 Å². The minimum Gasteiger partial charge on any atom is -0.390 e. The van der Waals surface area contributed by atoms with Gasteiger partial charge in [-0.1, -0.05) is 0 Å². The maximum atomic E-state index is 11.8. The van der Waals surface area contributed by atoms with Gasteiger partial charge in [-0.25, -0.2) is 0 Å². The van der Waals surface area contributed by atoms with Crippen LogP contribution in [-0.2, 0) is 4.79 Å². The van der Waals surface area contributed by atoms with Gasteiger partial charge in [0, 0.05) is 44.8 Å². The molecule has 0 radical (unpaired) electrons. The Balaban J connectivity index is 2.24. The lowest BCUT2D eigenvalue weighted by Crippen LogP contribution is -2.50. The van der Waals surface area contributed by atoms with E-state index in [4.69, 9.17) is 0 Å². The fraction of sp³-hybridized carbons (Fsp3) is 0.933. The number of nitrogens with one attached hydrogen (secondary N) is 1. The van der Waals surface area contributed by atoms with Gasteiger partial charge in [0.05, 0.1) is 12.6 Å². The number of piperazine rings is 1. The van der Waals surface area contributed by atoms with Crippen LogP contribution in [-0.4, -0.2) is 97.3 Å². The molecule has 2 N–H and O–H groups in total. The third kappa shape index (κ3) is 8.36. The predicted molar refractivity (Wildman–Crippen MR) is 85.3 cm³/mol. The third-order valence-electron chi connectivity index (χ3n) is 3.52. The molecule has 0 aromatic heterocycles. The largest absolute Gasteiger partial charge is 0.390 e. The summed E-state index contributed by atoms with van der Waals surface area (Å²) in [7, 11) is 3.99. The zero-order chi connectivity index (χ0) is 16.0. The Morgan fingerprint density at radius 1 is 1.29 bits per heavy atom. The molecule has 1 aliphatic heterocycles. The molecule has 1 heterocycles. The van der Waals surface area contributed by atoms with Gasteiger partial charge in [-0.15, -0.1) is 0 Å². The summed E-state index contributed by atoms with van der Waals surface area (Å²) in [5, 5.41) is 13.1. The number of rotatable bonds is 6. The van der Waals surface area contributed by atoms with E-state index in [0.29, 0.717) is 19.6 Å². The average Bonchev–Trinajstić information content (AvgIpc) is 2.28. The molecule has 6 heteroatoms. The molecular weight excluding hydrogens is 268 g/mol. The average molecular weight is 300 g/mol. The van der Waals surface area contributed by atoms with Crippen molar-refractivity contribution in [3.8, 4) is 0 Å². The Morgan fingerprint density at radius 3 is 2.38 bits per heavy atom. The Bertz CT molecular complexity index is 322. The highest BCUT2D eigenvalue weighted by molar-refractivity contribution is 5.78. The Kier molecular flexibility index (Phi) is 7.06. The first-order chi connectivity index (χ1) is 9.65. The van der Waals surface area contributed by atoms with E-state index < -0.39 is 6.10 Å². The van der Waals surface area contributed by atoms with Crippen molar-refractivity contribution >= 4 is 5.91 Å². The van der Waals surface area contributed by atoms with Gasteiger partial charge in [0.2, 0.25) is 5.91 Å². The molecule has 21 heavy (non-hydrogen) atoms. The summed E-state index contributed by atoms with van der Waals surface area (Å²) in [5.41, 5.74) is -0.212. The number of aliphatic hydroxyl groups excluding tert-OH is 1. The van der Waals surface area contributed by atoms with Crippen molar-refractivity contribution in [2.45, 2.75) is 32.4 Å². The van der Waals surface area contributed by atoms with Gasteiger partial charge < -0.3 is 15.3 Å². The smallest absolute Gasteiger partial charge is 0.234 e. The molecule has 0 bridgehead atoms. The lowest BCUT2D eigenvalue weighted by molar-refractivity contribution is -0.123. The molecule has 0 aromatic rings. The maximum Gasteiger partial charge on any atom is 0.234 e. The van der Waals surface area contributed by atoms with Gasteiger partial charge in [-0.3, -0.25) is 14.6 Å². The summed E-state index contributed by atoms with van der Waals surface area (Å²) in [5.74, 6) is -0.00297. The molecular formula is C15H32N4O2. The molecule has 0 spiro atoms. The van der Waals surface area contributed by atoms with Gasteiger partial charge in [0.15, 0.2) is 0 Å². The summed E-state index contributed by atoms with van der Waals surface area (Å²) in [4.78, 5) is 18.3. The van der Waals surface area contributed by atoms with Crippen LogP contribution in [0.1, 0.15) is 20.8 Å². The number of amides is 1. The zero-order valence-corrected chi connectivity index (χ0v) is 14.2. The fourth-order valence-electron chi connectivity index (χ4n) is 2.51. The van der Waals surface area contributed by atoms with E-state index in [-0.39, 0.29) is 11.4 Å². The molecule has 1 unspecified atom stereocenters. The van der Waals surface area contributed by atoms with Crippen molar-refractivity contribution in [1.82, 2.24) is 20.0 Å². The first-order valence-electron chi connectivity index (χ1n) is 7.74. The van der Waals surface area contributed by atoms with Gasteiger partial charge in [0.1, 0.15) is 0 Å². The first kappa shape index (κ1) is 18.4. The van der Waals surface area contributed by atoms with Crippen molar-refractivity contribution in [3.63, 3.8) is 0 Å². The molecule has 1 atom stereocenters. The van der Waals surface area contributed by atoms with Crippen molar-refractivity contribution in [2.75, 3.05) is 59.9 Å². The maximum absolute atomic E-state index is 11.8. The molecule has 124 valence electrons. The summed E-state index contributed by atoms with van der Waals surface area (Å²) in [6.45, 7) is 11.5. The standard InChI is InChI=1S/C15H32N4O2/c1-15(2,3)16-14(21)12-18(5)10-13(20)11-19-8-6-17(4)7-9-19/h13,20H,6-12H2,1-5H3,(H,16,21). The Morgan fingerprint density at radius 2 is 1.86 bits per heavy atom. The molecule has 1 aliphatic rings. The molecule has 1 rings (SSSR count). The van der Waals surface area contributed by atoms with E-state index in [9.17, 15) is 9.90 Å². The van der Waals surface area contributed by atoms with Crippen molar-refractivity contribution in [3.05, 3.63) is 0 Å². The van der Waals surface area contributed by atoms with Gasteiger partial charge in [0.25, 0.3) is 0 Å². The fourth-order valence-corrected chi connectivity index (χ4v) is 2.51. The van der Waals surface area contributed by atoms with E-state index in [0.717, 1.165) is 26.2 Å². The van der Waals surface area contributed by atoms with E-state index >= 15 is 0 Å². The van der Waals surface area contributed by atoms with E-state index in [2.05, 4.69) is 22.2 Å². The van der Waals surface area contributed by atoms with Crippen molar-refractivity contribution < 1.29 is 9.90 Å². The predicted octanol–water partition coefficient (Wildman–Crippen LogP) is -0.559. The van der Waals surface area contributed by atoms with Crippen LogP contribution in [0.2, 0.25) is 0 Å². The molecule has 0 aliphatic carbocycles. The van der Waals surface area contributed by atoms with E-state index in [1.54, 1.807) is 0 Å². The lowest BCUT2D eigenvalue weighted by Gasteiger charge is -2.34. The Labute approximate surface area is 129 Å². The number of nitrogens with zero attached hydrogens (tertiary/aromatic N) is 3. The Hall–Kier alpha value is -0.690. The second-order valence-corrected chi connectivity index (χ2v) is 7.25. The molecule has 6 nitrogen and oxygen atoms in total. The number of aliphatic hydroxyl groups is 1. The summed E-state index contributed by atoms with van der Waals surface area (Å²) >= 11 is 0. The number of β-amino-alcohol motifs (C(OH)–C–C–N with tert-alkyl or cyclic N) is 1. The minimum absolute atomic E-state index is 0.00297. The summed E-state index contributed by atoms with van der Waals surface area (Å²) < 4.78 is 0. The zero-order valence-electron chi connectivity index (χ0n) is 14.2. The SMILES string of the molecule is CN1CCN(CC(O)CN(C)CC(=O)NC(C)(C)C)CC1. The second-order valence-electron chi connectivity index (χ2n) is 7.25. The quantitative estimate of drug-likeness (QED) is 0.689. The van der Waals surface area contributed by atoms with Gasteiger partial charge >= 0.3 is 0 Å². The normalized spacial score (nSPS) is 19.8. The second kappa shape index (κ2) is 8.08. The van der Waals surface area contributed by atoms with Crippen LogP contribution in [0.15, 0.2) is 0 Å². The van der Waals surface area contributed by atoms with Crippen LogP contribution in [0.4, 0.5) is 0 Å². The first-order valence-corrected chi connectivity index (χ1v) is 7.74. The van der Waals surface area contributed by atoms with E-state index in [1.165, 1.54) is 0 Å². The molecule has 1 amide bonds. The van der Waals surface area contributed by atoms with Crippen LogP contribution >= 0.6 is 0 Å². The highest BCUT2D eigenvalue weighted by atomic mass is 16.3. The third-order valence-corrected chi connectivity index (χ3v) is 3.52. The number of carbonyl (C=O) groups excluding carboxylic acids is 1. The molecule has 0 aromatic carbocycles. The number of carbonyl (C=O) groups is 1. The molecule has 0 saturated carbocycles. The van der Waals surface area contributed by atoms with Crippen LogP contribution in [0.25, 0.3) is 0 Å². The highest BCUT2D eigenvalue weighted by Gasteiger charge is 2.19. The van der Waals surface area contributed by atoms with Crippen LogP contribution < -0.4 is 5.32 Å². The molecule has 1 fully saturated rings. The van der Waals surface area contributed by atoms with Crippen LogP contribution in [0, 0.1) is 0 Å². The summed E-state index contributed by atoms with van der Waals surface area (Å²) in [6, 6.07) is 0. The highest BCUT2D eigenvalue weighted by Crippen LogP contribution is 2.02. The van der Waals surface area contributed by atoms with E-state index in [1.807, 2.05) is 32.7 Å². The van der Waals surface area contributed by atoms with Crippen molar-refractivity contribution in [2.24, 2.45) is 0 Å². The monoisotopic (exact) mass is 300 g/mol. The topological polar surface area (TPSA) is 59.1 Å².